The number of benzene rings is 2. The summed E-state index contributed by atoms with van der Waals surface area (Å²) < 4.78 is 27.5. The van der Waals surface area contributed by atoms with E-state index in [9.17, 15) is 8.42 Å². The van der Waals surface area contributed by atoms with Gasteiger partial charge in [0.25, 0.3) is 10.0 Å². The predicted molar refractivity (Wildman–Crippen MR) is 85.8 cm³/mol. The second-order valence-electron chi connectivity index (χ2n) is 4.08. The Morgan fingerprint density at radius 2 is 1.70 bits per heavy atom. The van der Waals surface area contributed by atoms with Crippen molar-refractivity contribution in [3.05, 3.63) is 58.0 Å². The van der Waals surface area contributed by atoms with Gasteiger partial charge in [-0.3, -0.25) is 4.31 Å². The fourth-order valence-corrected chi connectivity index (χ4v) is 4.09. The number of hydrogen-bond donors (Lipinski definition) is 0. The summed E-state index contributed by atoms with van der Waals surface area (Å²) in [7, 11) is -3.60. The minimum Gasteiger partial charge on any atom is -0.265 e. The van der Waals surface area contributed by atoms with Crippen LogP contribution in [0.1, 0.15) is 6.92 Å². The molecule has 0 amide bonds. The second-order valence-corrected chi connectivity index (χ2v) is 7.23. The van der Waals surface area contributed by atoms with Crippen LogP contribution in [-0.4, -0.2) is 15.0 Å². The zero-order valence-corrected chi connectivity index (χ0v) is 13.9. The standard InChI is InChI=1S/C14H13BrClNO2S/c1-2-17(14-6-4-3-5-13(14)15)20(18,19)12-9-7-11(16)8-10-12/h3-10H,2H2,1H3. The first-order chi connectivity index (χ1) is 9.46. The maximum Gasteiger partial charge on any atom is 0.264 e. The Balaban J connectivity index is 2.51. The Bertz CT molecular complexity index is 701. The van der Waals surface area contributed by atoms with Crippen LogP contribution < -0.4 is 4.31 Å². The van der Waals surface area contributed by atoms with Gasteiger partial charge in [-0.05, 0) is 59.3 Å². The van der Waals surface area contributed by atoms with Crippen LogP contribution in [0.15, 0.2) is 57.9 Å². The summed E-state index contributed by atoms with van der Waals surface area (Å²) in [6.45, 7) is 2.14. The second kappa shape index (κ2) is 6.16. The largest absolute Gasteiger partial charge is 0.265 e. The third kappa shape index (κ3) is 3.00. The first kappa shape index (κ1) is 15.4. The van der Waals surface area contributed by atoms with Crippen LogP contribution in [0.4, 0.5) is 5.69 Å². The fraction of sp³-hybridized carbons (Fsp3) is 0.143. The minimum atomic E-state index is -3.60. The van der Waals surface area contributed by atoms with Gasteiger partial charge in [0.2, 0.25) is 0 Å². The number of nitrogens with zero attached hydrogens (tertiary/aromatic N) is 1. The molecule has 0 aliphatic heterocycles. The zero-order chi connectivity index (χ0) is 14.8. The minimum absolute atomic E-state index is 0.222. The lowest BCUT2D eigenvalue weighted by Gasteiger charge is -2.24. The lowest BCUT2D eigenvalue weighted by atomic mass is 10.3. The van der Waals surface area contributed by atoms with Gasteiger partial charge in [-0.2, -0.15) is 0 Å². The van der Waals surface area contributed by atoms with E-state index in [1.807, 2.05) is 12.1 Å². The molecule has 0 spiro atoms. The molecule has 0 radical (unpaired) electrons. The van der Waals surface area contributed by atoms with E-state index in [1.165, 1.54) is 16.4 Å². The van der Waals surface area contributed by atoms with Crippen molar-refractivity contribution in [1.82, 2.24) is 0 Å². The van der Waals surface area contributed by atoms with Crippen molar-refractivity contribution in [2.24, 2.45) is 0 Å². The van der Waals surface area contributed by atoms with Crippen LogP contribution in [0.5, 0.6) is 0 Å². The molecule has 6 heteroatoms. The van der Waals surface area contributed by atoms with E-state index >= 15 is 0 Å². The predicted octanol–water partition coefficient (Wildman–Crippen LogP) is 4.32. The highest BCUT2D eigenvalue weighted by atomic mass is 79.9. The molecule has 0 heterocycles. The Kier molecular flexibility index (Phi) is 4.73. The Labute approximate surface area is 132 Å². The lowest BCUT2D eigenvalue weighted by Crippen LogP contribution is -2.31. The van der Waals surface area contributed by atoms with Crippen LogP contribution >= 0.6 is 27.5 Å². The Morgan fingerprint density at radius 3 is 2.25 bits per heavy atom. The highest BCUT2D eigenvalue weighted by Crippen LogP contribution is 2.30. The molecule has 2 rings (SSSR count). The van der Waals surface area contributed by atoms with Crippen LogP contribution in [0, 0.1) is 0 Å². The van der Waals surface area contributed by atoms with E-state index in [1.54, 1.807) is 31.2 Å². The van der Waals surface area contributed by atoms with Crippen LogP contribution in [0.2, 0.25) is 5.02 Å². The van der Waals surface area contributed by atoms with E-state index in [2.05, 4.69) is 15.9 Å². The van der Waals surface area contributed by atoms with Gasteiger partial charge in [-0.25, -0.2) is 8.42 Å². The summed E-state index contributed by atoms with van der Waals surface area (Å²) in [5.74, 6) is 0. The molecular weight excluding hydrogens is 362 g/mol. The van der Waals surface area contributed by atoms with Crippen molar-refractivity contribution in [3.8, 4) is 0 Å². The van der Waals surface area contributed by atoms with Gasteiger partial charge in [-0.15, -0.1) is 0 Å². The molecule has 20 heavy (non-hydrogen) atoms. The molecule has 0 unspecified atom stereocenters. The highest BCUT2D eigenvalue weighted by molar-refractivity contribution is 9.10. The van der Waals surface area contributed by atoms with Crippen molar-refractivity contribution < 1.29 is 8.42 Å². The number of para-hydroxylation sites is 1. The number of sulfonamides is 1. The van der Waals surface area contributed by atoms with E-state index in [0.29, 0.717) is 17.3 Å². The molecule has 0 aromatic heterocycles. The fourth-order valence-electron chi connectivity index (χ4n) is 1.86. The molecule has 0 saturated heterocycles. The molecular formula is C14H13BrClNO2S. The van der Waals surface area contributed by atoms with Gasteiger partial charge in [0.05, 0.1) is 10.6 Å². The normalized spacial score (nSPS) is 11.3. The van der Waals surface area contributed by atoms with Gasteiger partial charge in [0.1, 0.15) is 0 Å². The number of halogens is 2. The maximum atomic E-state index is 12.7. The van der Waals surface area contributed by atoms with Crippen molar-refractivity contribution >= 4 is 43.2 Å². The third-order valence-electron chi connectivity index (χ3n) is 2.81. The number of hydrogen-bond acceptors (Lipinski definition) is 2. The topological polar surface area (TPSA) is 37.4 Å². The SMILES string of the molecule is CCN(c1ccccc1Br)S(=O)(=O)c1ccc(Cl)cc1. The van der Waals surface area contributed by atoms with Gasteiger partial charge < -0.3 is 0 Å². The van der Waals surface area contributed by atoms with Crippen LogP contribution in [-0.2, 0) is 10.0 Å². The van der Waals surface area contributed by atoms with Gasteiger partial charge in [-0.1, -0.05) is 23.7 Å². The van der Waals surface area contributed by atoms with E-state index < -0.39 is 10.0 Å². The Morgan fingerprint density at radius 1 is 1.10 bits per heavy atom. The molecule has 0 saturated carbocycles. The number of anilines is 1. The summed E-state index contributed by atoms with van der Waals surface area (Å²) >= 11 is 9.19. The van der Waals surface area contributed by atoms with Gasteiger partial charge in [0, 0.05) is 16.0 Å². The molecule has 3 nitrogen and oxygen atoms in total. The summed E-state index contributed by atoms with van der Waals surface area (Å²) in [5, 5.41) is 0.507. The van der Waals surface area contributed by atoms with Crippen molar-refractivity contribution in [3.63, 3.8) is 0 Å². The van der Waals surface area contributed by atoms with E-state index in [-0.39, 0.29) is 4.90 Å². The lowest BCUT2D eigenvalue weighted by molar-refractivity contribution is 0.592. The molecule has 0 N–H and O–H groups in total. The zero-order valence-electron chi connectivity index (χ0n) is 10.8. The van der Waals surface area contributed by atoms with Crippen LogP contribution in [0.3, 0.4) is 0 Å². The smallest absolute Gasteiger partial charge is 0.264 e. The first-order valence-electron chi connectivity index (χ1n) is 5.99. The Hall–Kier alpha value is -1.04. The first-order valence-corrected chi connectivity index (χ1v) is 8.60. The van der Waals surface area contributed by atoms with Gasteiger partial charge in [0.15, 0.2) is 0 Å². The van der Waals surface area contributed by atoms with Crippen LogP contribution in [0.25, 0.3) is 0 Å². The van der Waals surface area contributed by atoms with Gasteiger partial charge >= 0.3 is 0 Å². The number of rotatable bonds is 4. The summed E-state index contributed by atoms with van der Waals surface area (Å²) in [4.78, 5) is 0.222. The average molecular weight is 375 g/mol. The quantitative estimate of drug-likeness (QED) is 0.799. The molecule has 0 atom stereocenters. The molecule has 0 bridgehead atoms. The highest BCUT2D eigenvalue weighted by Gasteiger charge is 2.24. The van der Waals surface area contributed by atoms with Crippen molar-refractivity contribution in [2.45, 2.75) is 11.8 Å². The third-order valence-corrected chi connectivity index (χ3v) is 5.64. The molecule has 2 aromatic carbocycles. The molecule has 0 fully saturated rings. The van der Waals surface area contributed by atoms with Crippen molar-refractivity contribution in [1.29, 1.82) is 0 Å². The molecule has 0 aliphatic carbocycles. The maximum absolute atomic E-state index is 12.7. The monoisotopic (exact) mass is 373 g/mol. The summed E-state index contributed by atoms with van der Waals surface area (Å²) in [6.07, 6.45) is 0. The summed E-state index contributed by atoms with van der Waals surface area (Å²) in [5.41, 5.74) is 0.616. The summed E-state index contributed by atoms with van der Waals surface area (Å²) in [6, 6.07) is 13.4. The average Bonchev–Trinajstić information content (AvgIpc) is 2.42. The van der Waals surface area contributed by atoms with E-state index in [4.69, 9.17) is 11.6 Å². The molecule has 0 aliphatic rings. The van der Waals surface area contributed by atoms with Crippen molar-refractivity contribution in [2.75, 3.05) is 10.8 Å². The van der Waals surface area contributed by atoms with E-state index in [0.717, 1.165) is 4.47 Å². The molecule has 106 valence electrons. The molecule has 2 aromatic rings.